The van der Waals surface area contributed by atoms with E-state index in [9.17, 15) is 4.79 Å². The minimum absolute atomic E-state index is 0.258. The summed E-state index contributed by atoms with van der Waals surface area (Å²) in [4.78, 5) is 16.0. The maximum atomic E-state index is 12.1. The van der Waals surface area contributed by atoms with Crippen molar-refractivity contribution in [3.63, 3.8) is 0 Å². The molecule has 0 aliphatic heterocycles. The highest BCUT2D eigenvalue weighted by Gasteiger charge is 2.08. The summed E-state index contributed by atoms with van der Waals surface area (Å²) in [5.74, 6) is -0.258. The van der Waals surface area contributed by atoms with Crippen LogP contribution in [0.3, 0.4) is 0 Å². The lowest BCUT2D eigenvalue weighted by molar-refractivity contribution is 0.102. The molecule has 2 heterocycles. The molecule has 1 amide bonds. The zero-order chi connectivity index (χ0) is 14.7. The molecule has 0 atom stereocenters. The molecule has 0 radical (unpaired) electrons. The SMILES string of the molecule is O=C(Nc1cccc(-c2ccn[nH]2)c1)c1cncc(Cl)c1. The number of rotatable bonds is 3. The van der Waals surface area contributed by atoms with Gasteiger partial charge in [-0.05, 0) is 24.3 Å². The Hall–Kier alpha value is -2.66. The zero-order valence-electron chi connectivity index (χ0n) is 10.9. The summed E-state index contributed by atoms with van der Waals surface area (Å²) in [7, 11) is 0. The Bertz CT molecular complexity index is 771. The van der Waals surface area contributed by atoms with Crippen molar-refractivity contribution < 1.29 is 4.79 Å². The van der Waals surface area contributed by atoms with Crippen molar-refractivity contribution >= 4 is 23.2 Å². The first kappa shape index (κ1) is 13.3. The van der Waals surface area contributed by atoms with E-state index in [1.807, 2.05) is 30.3 Å². The second-order valence-corrected chi connectivity index (χ2v) is 4.83. The second kappa shape index (κ2) is 5.76. The van der Waals surface area contributed by atoms with E-state index in [1.165, 1.54) is 12.4 Å². The van der Waals surface area contributed by atoms with E-state index in [0.29, 0.717) is 16.3 Å². The van der Waals surface area contributed by atoms with Gasteiger partial charge in [0.15, 0.2) is 0 Å². The normalized spacial score (nSPS) is 10.3. The number of pyridine rings is 1. The van der Waals surface area contributed by atoms with E-state index >= 15 is 0 Å². The molecule has 2 aromatic heterocycles. The van der Waals surface area contributed by atoms with Gasteiger partial charge in [-0.15, -0.1) is 0 Å². The van der Waals surface area contributed by atoms with Crippen molar-refractivity contribution in [1.82, 2.24) is 15.2 Å². The van der Waals surface area contributed by atoms with Crippen LogP contribution in [0.15, 0.2) is 55.0 Å². The summed E-state index contributed by atoms with van der Waals surface area (Å²) in [5.41, 5.74) is 2.92. The number of aromatic amines is 1. The highest BCUT2D eigenvalue weighted by atomic mass is 35.5. The average Bonchev–Trinajstić information content (AvgIpc) is 3.02. The molecule has 0 aliphatic rings. The third-order valence-corrected chi connectivity index (χ3v) is 3.11. The number of anilines is 1. The van der Waals surface area contributed by atoms with E-state index in [4.69, 9.17) is 11.6 Å². The molecule has 0 aliphatic carbocycles. The Kier molecular flexibility index (Phi) is 3.66. The number of hydrogen-bond donors (Lipinski definition) is 2. The molecule has 5 nitrogen and oxygen atoms in total. The number of nitrogens with one attached hydrogen (secondary N) is 2. The molecule has 2 N–H and O–H groups in total. The topological polar surface area (TPSA) is 70.7 Å². The van der Waals surface area contributed by atoms with Gasteiger partial charge in [0.1, 0.15) is 0 Å². The van der Waals surface area contributed by atoms with Gasteiger partial charge >= 0.3 is 0 Å². The molecule has 0 fully saturated rings. The summed E-state index contributed by atoms with van der Waals surface area (Å²) in [6.07, 6.45) is 4.63. The maximum Gasteiger partial charge on any atom is 0.257 e. The number of amides is 1. The number of H-pyrrole nitrogens is 1. The molecule has 1 aromatic carbocycles. The monoisotopic (exact) mass is 298 g/mol. The summed E-state index contributed by atoms with van der Waals surface area (Å²) in [5, 5.41) is 10.0. The van der Waals surface area contributed by atoms with Crippen LogP contribution in [-0.4, -0.2) is 21.1 Å². The maximum absolute atomic E-state index is 12.1. The van der Waals surface area contributed by atoms with E-state index in [2.05, 4.69) is 20.5 Å². The van der Waals surface area contributed by atoms with Crippen molar-refractivity contribution in [2.75, 3.05) is 5.32 Å². The van der Waals surface area contributed by atoms with Crippen molar-refractivity contribution in [1.29, 1.82) is 0 Å². The Morgan fingerprint density at radius 1 is 1.19 bits per heavy atom. The van der Waals surface area contributed by atoms with Crippen LogP contribution in [0.4, 0.5) is 5.69 Å². The van der Waals surface area contributed by atoms with Crippen molar-refractivity contribution in [2.24, 2.45) is 0 Å². The molecule has 6 heteroatoms. The van der Waals surface area contributed by atoms with Gasteiger partial charge in [0.25, 0.3) is 5.91 Å². The number of carbonyl (C=O) groups is 1. The van der Waals surface area contributed by atoms with Crippen LogP contribution < -0.4 is 5.32 Å². The van der Waals surface area contributed by atoms with Crippen LogP contribution in [0.5, 0.6) is 0 Å². The van der Waals surface area contributed by atoms with Gasteiger partial charge in [0.2, 0.25) is 0 Å². The van der Waals surface area contributed by atoms with Crippen LogP contribution >= 0.6 is 11.6 Å². The van der Waals surface area contributed by atoms with Crippen molar-refractivity contribution in [3.05, 3.63) is 65.6 Å². The van der Waals surface area contributed by atoms with Crippen LogP contribution in [-0.2, 0) is 0 Å². The van der Waals surface area contributed by atoms with Crippen LogP contribution in [0.25, 0.3) is 11.3 Å². The number of hydrogen-bond acceptors (Lipinski definition) is 3. The molecule has 21 heavy (non-hydrogen) atoms. The lowest BCUT2D eigenvalue weighted by Gasteiger charge is -2.07. The largest absolute Gasteiger partial charge is 0.322 e. The quantitative estimate of drug-likeness (QED) is 0.778. The Labute approximate surface area is 126 Å². The molecule has 3 aromatic rings. The second-order valence-electron chi connectivity index (χ2n) is 4.40. The van der Waals surface area contributed by atoms with E-state index < -0.39 is 0 Å². The minimum Gasteiger partial charge on any atom is -0.322 e. The van der Waals surface area contributed by atoms with Crippen molar-refractivity contribution in [3.8, 4) is 11.3 Å². The summed E-state index contributed by atoms with van der Waals surface area (Å²) in [6.45, 7) is 0. The summed E-state index contributed by atoms with van der Waals surface area (Å²) in [6, 6.07) is 10.9. The van der Waals surface area contributed by atoms with Gasteiger partial charge < -0.3 is 5.32 Å². The molecule has 3 rings (SSSR count). The van der Waals surface area contributed by atoms with E-state index in [1.54, 1.807) is 12.3 Å². The first-order valence-electron chi connectivity index (χ1n) is 6.24. The summed E-state index contributed by atoms with van der Waals surface area (Å²) < 4.78 is 0. The van der Waals surface area contributed by atoms with Gasteiger partial charge in [-0.3, -0.25) is 14.9 Å². The molecule has 0 unspecified atom stereocenters. The first-order valence-corrected chi connectivity index (χ1v) is 6.62. The predicted octanol–water partition coefficient (Wildman–Crippen LogP) is 3.38. The first-order chi connectivity index (χ1) is 10.2. The smallest absolute Gasteiger partial charge is 0.257 e. The summed E-state index contributed by atoms with van der Waals surface area (Å²) >= 11 is 5.83. The van der Waals surface area contributed by atoms with Gasteiger partial charge in [0, 0.05) is 29.8 Å². The van der Waals surface area contributed by atoms with Gasteiger partial charge in [-0.25, -0.2) is 0 Å². The molecule has 0 spiro atoms. The fourth-order valence-corrected chi connectivity index (χ4v) is 2.09. The molecule has 0 bridgehead atoms. The Morgan fingerprint density at radius 2 is 2.10 bits per heavy atom. The Morgan fingerprint density at radius 3 is 2.86 bits per heavy atom. The number of benzene rings is 1. The fraction of sp³-hybridized carbons (Fsp3) is 0. The standard InChI is InChI=1S/C15H11ClN4O/c16-12-6-11(8-17-9-12)15(21)19-13-3-1-2-10(7-13)14-4-5-18-20-14/h1-9H,(H,18,20)(H,19,21). The van der Waals surface area contributed by atoms with Crippen LogP contribution in [0.1, 0.15) is 10.4 Å². The average molecular weight is 299 g/mol. The lowest BCUT2D eigenvalue weighted by atomic mass is 10.1. The predicted molar refractivity (Wildman–Crippen MR) is 81.2 cm³/mol. The third-order valence-electron chi connectivity index (χ3n) is 2.90. The molecule has 0 saturated carbocycles. The van der Waals surface area contributed by atoms with Crippen LogP contribution in [0, 0.1) is 0 Å². The minimum atomic E-state index is -0.258. The van der Waals surface area contributed by atoms with Gasteiger partial charge in [-0.1, -0.05) is 23.7 Å². The van der Waals surface area contributed by atoms with Gasteiger partial charge in [-0.2, -0.15) is 5.10 Å². The highest BCUT2D eigenvalue weighted by Crippen LogP contribution is 2.21. The number of aromatic nitrogens is 3. The van der Waals surface area contributed by atoms with Crippen LogP contribution in [0.2, 0.25) is 5.02 Å². The van der Waals surface area contributed by atoms with Gasteiger partial charge in [0.05, 0.1) is 16.3 Å². The zero-order valence-corrected chi connectivity index (χ0v) is 11.6. The number of carbonyl (C=O) groups excluding carboxylic acids is 1. The third kappa shape index (κ3) is 3.09. The highest BCUT2D eigenvalue weighted by molar-refractivity contribution is 6.30. The number of halogens is 1. The van der Waals surface area contributed by atoms with E-state index in [0.717, 1.165) is 11.3 Å². The Balaban J connectivity index is 1.82. The lowest BCUT2D eigenvalue weighted by Crippen LogP contribution is -2.12. The number of nitrogens with zero attached hydrogens (tertiary/aromatic N) is 2. The molecule has 104 valence electrons. The molecular formula is C15H11ClN4O. The van der Waals surface area contributed by atoms with E-state index in [-0.39, 0.29) is 5.91 Å². The molecule has 0 saturated heterocycles. The fourth-order valence-electron chi connectivity index (χ4n) is 1.92. The van der Waals surface area contributed by atoms with Crippen molar-refractivity contribution in [2.45, 2.75) is 0 Å². The molecular weight excluding hydrogens is 288 g/mol.